The van der Waals surface area contributed by atoms with Crippen molar-refractivity contribution in [3.8, 4) is 22.3 Å². The van der Waals surface area contributed by atoms with Gasteiger partial charge >= 0.3 is 0 Å². The summed E-state index contributed by atoms with van der Waals surface area (Å²) in [6.07, 6.45) is 5.42. The first-order valence-electron chi connectivity index (χ1n) is 9.69. The van der Waals surface area contributed by atoms with E-state index in [1.54, 1.807) is 28.1 Å². The lowest BCUT2D eigenvalue weighted by atomic mass is 10.0. The molecule has 5 aromatic rings. The van der Waals surface area contributed by atoms with Gasteiger partial charge in [-0.05, 0) is 34.7 Å². The van der Waals surface area contributed by atoms with E-state index in [4.69, 9.17) is 11.6 Å². The number of rotatable bonds is 5. The van der Waals surface area contributed by atoms with Crippen LogP contribution < -0.4 is 5.32 Å². The van der Waals surface area contributed by atoms with Crippen LogP contribution in [0.1, 0.15) is 15.4 Å². The van der Waals surface area contributed by atoms with Gasteiger partial charge in [0.25, 0.3) is 5.91 Å². The predicted molar refractivity (Wildman–Crippen MR) is 124 cm³/mol. The quantitative estimate of drug-likeness (QED) is 0.378. The van der Waals surface area contributed by atoms with Crippen LogP contribution in [0.5, 0.6) is 0 Å². The van der Waals surface area contributed by atoms with Crippen molar-refractivity contribution in [2.45, 2.75) is 6.54 Å². The number of carbonyl (C=O) groups excluding carboxylic acids is 1. The number of thiophene rings is 1. The van der Waals surface area contributed by atoms with Crippen LogP contribution in [0.25, 0.3) is 27.9 Å². The molecule has 0 bridgehead atoms. The maximum Gasteiger partial charge on any atom is 0.273 e. The Kier molecular flexibility index (Phi) is 5.24. The van der Waals surface area contributed by atoms with Crippen LogP contribution in [-0.4, -0.2) is 20.3 Å². The van der Waals surface area contributed by atoms with Gasteiger partial charge in [-0.2, -0.15) is 0 Å². The van der Waals surface area contributed by atoms with Crippen LogP contribution in [-0.2, 0) is 6.54 Å². The van der Waals surface area contributed by atoms with Crippen LogP contribution in [0, 0.1) is 0 Å². The number of imidazole rings is 1. The maximum atomic E-state index is 12.9. The third-order valence-electron chi connectivity index (χ3n) is 4.96. The average molecular weight is 445 g/mol. The second-order valence-electron chi connectivity index (χ2n) is 6.96. The fourth-order valence-corrected chi connectivity index (χ4v) is 4.35. The lowest BCUT2D eigenvalue weighted by Gasteiger charge is -2.09. The zero-order valence-electron chi connectivity index (χ0n) is 16.3. The van der Waals surface area contributed by atoms with Gasteiger partial charge in [0.2, 0.25) is 0 Å². The van der Waals surface area contributed by atoms with E-state index in [0.29, 0.717) is 12.2 Å². The first-order chi connectivity index (χ1) is 15.2. The van der Waals surface area contributed by atoms with Crippen molar-refractivity contribution in [1.29, 1.82) is 0 Å². The average Bonchev–Trinajstić information content (AvgIpc) is 3.46. The van der Waals surface area contributed by atoms with Crippen LogP contribution in [0.3, 0.4) is 0 Å². The molecule has 1 amide bonds. The summed E-state index contributed by atoms with van der Waals surface area (Å²) in [4.78, 5) is 22.8. The number of nitrogens with zero attached hydrogens (tertiary/aromatic N) is 3. The molecular formula is C24H17ClN4OS. The van der Waals surface area contributed by atoms with E-state index in [-0.39, 0.29) is 16.8 Å². The van der Waals surface area contributed by atoms with Gasteiger partial charge in [-0.1, -0.05) is 54.1 Å². The first kappa shape index (κ1) is 19.5. The molecule has 31 heavy (non-hydrogen) atoms. The Bertz CT molecular complexity index is 1350. The van der Waals surface area contributed by atoms with Crippen LogP contribution in [0.4, 0.5) is 0 Å². The molecule has 0 saturated heterocycles. The fourth-order valence-electron chi connectivity index (χ4n) is 3.45. The Morgan fingerprint density at radius 1 is 1.03 bits per heavy atom. The summed E-state index contributed by atoms with van der Waals surface area (Å²) >= 11 is 8.25. The van der Waals surface area contributed by atoms with Crippen molar-refractivity contribution >= 4 is 34.5 Å². The summed E-state index contributed by atoms with van der Waals surface area (Å²) < 4.78 is 1.77. The largest absolute Gasteiger partial charge is 0.346 e. The highest BCUT2D eigenvalue weighted by molar-refractivity contribution is 7.09. The second kappa shape index (κ2) is 8.34. The lowest BCUT2D eigenvalue weighted by Crippen LogP contribution is -2.23. The molecule has 0 aliphatic heterocycles. The first-order valence-corrected chi connectivity index (χ1v) is 10.9. The molecule has 5 nitrogen and oxygen atoms in total. The third-order valence-corrected chi connectivity index (χ3v) is 6.20. The number of aromatic nitrogens is 3. The highest BCUT2D eigenvalue weighted by Crippen LogP contribution is 2.32. The van der Waals surface area contributed by atoms with Gasteiger partial charge in [0.15, 0.2) is 5.69 Å². The molecule has 1 aromatic carbocycles. The minimum atomic E-state index is -0.305. The Labute approximate surface area is 188 Å². The minimum absolute atomic E-state index is 0.202. The topological polar surface area (TPSA) is 59.3 Å². The summed E-state index contributed by atoms with van der Waals surface area (Å²) in [5, 5.41) is 5.16. The van der Waals surface area contributed by atoms with Gasteiger partial charge in [0.05, 0.1) is 6.54 Å². The zero-order chi connectivity index (χ0) is 21.2. The fraction of sp³-hybridized carbons (Fsp3) is 0.0417. The molecule has 0 radical (unpaired) electrons. The summed E-state index contributed by atoms with van der Waals surface area (Å²) in [7, 11) is 0. The summed E-state index contributed by atoms with van der Waals surface area (Å²) in [5.74, 6) is -0.305. The van der Waals surface area contributed by atoms with Crippen molar-refractivity contribution < 1.29 is 4.79 Å². The number of fused-ring (bicyclic) bond motifs is 1. The summed E-state index contributed by atoms with van der Waals surface area (Å²) in [6.45, 7) is 0.436. The number of hydrogen-bond donors (Lipinski definition) is 1. The van der Waals surface area contributed by atoms with Gasteiger partial charge in [-0.15, -0.1) is 11.3 Å². The molecule has 0 unspecified atom stereocenters. The lowest BCUT2D eigenvalue weighted by molar-refractivity contribution is 0.0947. The predicted octanol–water partition coefficient (Wildman–Crippen LogP) is 5.71. The van der Waals surface area contributed by atoms with E-state index in [0.717, 1.165) is 27.1 Å². The Hall–Kier alpha value is -3.48. The van der Waals surface area contributed by atoms with Crippen molar-refractivity contribution in [3.63, 3.8) is 0 Å². The molecule has 0 saturated carbocycles. The number of amides is 1. The number of hydrogen-bond acceptors (Lipinski definition) is 4. The Balaban J connectivity index is 1.63. The Morgan fingerprint density at radius 3 is 2.61 bits per heavy atom. The SMILES string of the molecule is O=C(NCc1cccs1)c1nc2c(-c3cccnc3)cc(-c3ccccc3)cn2c1Cl. The molecule has 1 N–H and O–H groups in total. The van der Waals surface area contributed by atoms with Crippen LogP contribution in [0.2, 0.25) is 5.15 Å². The van der Waals surface area contributed by atoms with E-state index < -0.39 is 0 Å². The Morgan fingerprint density at radius 2 is 1.87 bits per heavy atom. The molecule has 7 heteroatoms. The number of benzene rings is 1. The molecule has 152 valence electrons. The van der Waals surface area contributed by atoms with Crippen LogP contribution in [0.15, 0.2) is 84.6 Å². The molecule has 0 fully saturated rings. The maximum absolute atomic E-state index is 12.9. The van der Waals surface area contributed by atoms with Crippen molar-refractivity contribution in [3.05, 3.63) is 100 Å². The smallest absolute Gasteiger partial charge is 0.273 e. The number of carbonyl (C=O) groups is 1. The highest BCUT2D eigenvalue weighted by atomic mass is 35.5. The van der Waals surface area contributed by atoms with Gasteiger partial charge in [-0.25, -0.2) is 4.98 Å². The van der Waals surface area contributed by atoms with Crippen molar-refractivity contribution in [2.75, 3.05) is 0 Å². The molecule has 0 aliphatic rings. The summed E-state index contributed by atoms with van der Waals surface area (Å²) in [6, 6.07) is 19.9. The molecule has 0 atom stereocenters. The highest BCUT2D eigenvalue weighted by Gasteiger charge is 2.21. The molecule has 0 spiro atoms. The molecule has 5 rings (SSSR count). The zero-order valence-corrected chi connectivity index (χ0v) is 17.9. The molecular weight excluding hydrogens is 428 g/mol. The molecule has 4 aromatic heterocycles. The van der Waals surface area contributed by atoms with Crippen molar-refractivity contribution in [2.24, 2.45) is 0 Å². The third kappa shape index (κ3) is 3.83. The van der Waals surface area contributed by atoms with E-state index in [9.17, 15) is 4.79 Å². The molecule has 4 heterocycles. The van der Waals surface area contributed by atoms with E-state index in [1.165, 1.54) is 0 Å². The van der Waals surface area contributed by atoms with Gasteiger partial charge < -0.3 is 5.32 Å². The normalized spacial score (nSPS) is 11.0. The minimum Gasteiger partial charge on any atom is -0.346 e. The van der Waals surface area contributed by atoms with Gasteiger partial charge in [0.1, 0.15) is 10.8 Å². The van der Waals surface area contributed by atoms with Gasteiger partial charge in [0, 0.05) is 34.6 Å². The van der Waals surface area contributed by atoms with Crippen molar-refractivity contribution in [1.82, 2.24) is 19.7 Å². The monoisotopic (exact) mass is 444 g/mol. The van der Waals surface area contributed by atoms with E-state index >= 15 is 0 Å². The number of halogens is 1. The van der Waals surface area contributed by atoms with Gasteiger partial charge in [-0.3, -0.25) is 14.2 Å². The number of nitrogens with one attached hydrogen (secondary N) is 1. The van der Waals surface area contributed by atoms with E-state index in [1.807, 2.05) is 66.2 Å². The standard InChI is InChI=1S/C24H17ClN4OS/c25-22-21(24(30)27-14-19-9-5-11-31-19)28-23-20(17-8-4-10-26-13-17)12-18(15-29(22)23)16-6-2-1-3-7-16/h1-13,15H,14H2,(H,27,30). The summed E-state index contributed by atoms with van der Waals surface area (Å²) in [5.41, 5.74) is 4.58. The van der Waals surface area contributed by atoms with E-state index in [2.05, 4.69) is 21.4 Å². The molecule has 0 aliphatic carbocycles. The van der Waals surface area contributed by atoms with Crippen LogP contribution >= 0.6 is 22.9 Å². The second-order valence-corrected chi connectivity index (χ2v) is 8.35. The number of pyridine rings is 2.